The molecule has 0 radical (unpaired) electrons. The number of esters is 1. The summed E-state index contributed by atoms with van der Waals surface area (Å²) >= 11 is 3.76. The minimum Gasteiger partial charge on any atom is -0.455 e. The molecule has 1 unspecified atom stereocenters. The number of rotatable bonds is 18. The van der Waals surface area contributed by atoms with Crippen LogP contribution in [0.2, 0.25) is 0 Å². The third-order valence-electron chi connectivity index (χ3n) is 10.8. The van der Waals surface area contributed by atoms with E-state index in [-0.39, 0.29) is 42.1 Å². The molecule has 0 saturated carbocycles. The van der Waals surface area contributed by atoms with Gasteiger partial charge in [0.25, 0.3) is 0 Å². The standard InChI is InChI=1S/C39H55BrN4O8/c1-6-8-14-30(46)41-26(5)33(27-12-10-9-11-13-27)51-38(49)31-32-36(47)44(28(24-45)22-25(3)4)35(39(32)23-29(40)34(31)52-39)37(48)43(15-7-2)17-16-42-18-20-50-21-19-42/h6-7,9-13,25-26,28-29,31-35,45H,1-2,8,14-24H2,3-5H3,(H,41,46)/t26-,28-,29?,31-,32+,33-,34-,35-,39+/m1/s1. The Labute approximate surface area is 316 Å². The third kappa shape index (κ3) is 8.33. The van der Waals surface area contributed by atoms with E-state index in [1.807, 2.05) is 44.2 Å². The number of alkyl halides is 1. The lowest BCUT2D eigenvalue weighted by molar-refractivity contribution is -0.162. The average molecular weight is 788 g/mol. The molecule has 4 saturated heterocycles. The van der Waals surface area contributed by atoms with Crippen LogP contribution in [0.15, 0.2) is 55.6 Å². The number of nitrogens with zero attached hydrogens (tertiary/aromatic N) is 3. The van der Waals surface area contributed by atoms with E-state index in [0.717, 1.165) is 13.1 Å². The number of likely N-dealkylation sites (tertiary alicyclic amines) is 1. The quantitative estimate of drug-likeness (QED) is 0.131. The van der Waals surface area contributed by atoms with Crippen molar-refractivity contribution in [2.45, 2.75) is 87.2 Å². The molecule has 4 heterocycles. The Kier molecular flexibility index (Phi) is 13.7. The SMILES string of the molecule is C=CCCC(=O)N[C@H](C)[C@@H](OC(=O)[C@H]1[C@@H]2O[C@@]3(CC2Br)[C@@H]1C(=O)N([C@@H](CO)CC(C)C)[C@@H]3C(=O)N(CC=C)CCN1CCOCC1)c1ccccc1. The second-order valence-corrected chi connectivity index (χ2v) is 16.0. The molecule has 52 heavy (non-hydrogen) atoms. The van der Waals surface area contributed by atoms with E-state index in [2.05, 4.69) is 39.3 Å². The largest absolute Gasteiger partial charge is 0.455 e. The number of morpholine rings is 1. The van der Waals surface area contributed by atoms with Crippen molar-refractivity contribution < 1.29 is 38.5 Å². The number of allylic oxidation sites excluding steroid dienone is 1. The summed E-state index contributed by atoms with van der Waals surface area (Å²) in [5.74, 6) is -3.44. The fourth-order valence-corrected chi connectivity index (χ4v) is 9.42. The van der Waals surface area contributed by atoms with Gasteiger partial charge in [-0.05, 0) is 37.7 Å². The lowest BCUT2D eigenvalue weighted by Gasteiger charge is -2.40. The summed E-state index contributed by atoms with van der Waals surface area (Å²) in [6, 6.07) is 6.85. The van der Waals surface area contributed by atoms with Crippen LogP contribution in [0.1, 0.15) is 58.1 Å². The van der Waals surface area contributed by atoms with Crippen LogP contribution in [0.25, 0.3) is 0 Å². The topological polar surface area (TPSA) is 138 Å². The van der Waals surface area contributed by atoms with Gasteiger partial charge in [0.15, 0.2) is 0 Å². The van der Waals surface area contributed by atoms with Gasteiger partial charge >= 0.3 is 5.97 Å². The molecule has 1 aromatic carbocycles. The number of hydrogen-bond donors (Lipinski definition) is 2. The van der Waals surface area contributed by atoms with Gasteiger partial charge in [-0.1, -0.05) is 72.3 Å². The monoisotopic (exact) mass is 786 g/mol. The van der Waals surface area contributed by atoms with Gasteiger partial charge in [-0.15, -0.1) is 13.2 Å². The second kappa shape index (κ2) is 17.8. The molecule has 3 amide bonds. The van der Waals surface area contributed by atoms with E-state index >= 15 is 0 Å². The Morgan fingerprint density at radius 3 is 2.50 bits per heavy atom. The highest BCUT2D eigenvalue weighted by atomic mass is 79.9. The number of halogens is 1. The van der Waals surface area contributed by atoms with Crippen LogP contribution in [0.4, 0.5) is 0 Å². The highest BCUT2D eigenvalue weighted by molar-refractivity contribution is 9.09. The van der Waals surface area contributed by atoms with Crippen LogP contribution in [0.3, 0.4) is 0 Å². The Morgan fingerprint density at radius 2 is 1.87 bits per heavy atom. The molecule has 12 nitrogen and oxygen atoms in total. The normalized spacial score (nSPS) is 28.6. The molecule has 4 fully saturated rings. The van der Waals surface area contributed by atoms with Crippen molar-refractivity contribution in [3.8, 4) is 0 Å². The molecule has 0 aromatic heterocycles. The fraction of sp³-hybridized carbons (Fsp3) is 0.641. The van der Waals surface area contributed by atoms with E-state index in [1.165, 1.54) is 4.90 Å². The lowest BCUT2D eigenvalue weighted by Crippen LogP contribution is -2.59. The zero-order chi connectivity index (χ0) is 37.6. The van der Waals surface area contributed by atoms with E-state index in [1.54, 1.807) is 24.0 Å². The summed E-state index contributed by atoms with van der Waals surface area (Å²) in [6.45, 7) is 17.1. The first-order chi connectivity index (χ1) is 25.0. The Balaban J connectivity index is 1.48. The maximum absolute atomic E-state index is 14.9. The van der Waals surface area contributed by atoms with Gasteiger partial charge in [0.1, 0.15) is 17.7 Å². The van der Waals surface area contributed by atoms with E-state index in [0.29, 0.717) is 51.1 Å². The number of nitrogens with one attached hydrogen (secondary N) is 1. The Morgan fingerprint density at radius 1 is 1.15 bits per heavy atom. The molecule has 4 aliphatic heterocycles. The predicted octanol–water partition coefficient (Wildman–Crippen LogP) is 3.24. The van der Waals surface area contributed by atoms with Crippen LogP contribution < -0.4 is 5.32 Å². The minimum absolute atomic E-state index is 0.112. The van der Waals surface area contributed by atoms with Gasteiger partial charge in [0.2, 0.25) is 17.7 Å². The number of amides is 3. The molecule has 5 rings (SSSR count). The van der Waals surface area contributed by atoms with Crippen LogP contribution in [-0.2, 0) is 33.4 Å². The highest BCUT2D eigenvalue weighted by Gasteiger charge is 2.77. The zero-order valence-electron chi connectivity index (χ0n) is 30.7. The summed E-state index contributed by atoms with van der Waals surface area (Å²) in [7, 11) is 0. The first kappa shape index (κ1) is 40.1. The smallest absolute Gasteiger partial charge is 0.313 e. The summed E-state index contributed by atoms with van der Waals surface area (Å²) in [4.78, 5) is 62.1. The summed E-state index contributed by atoms with van der Waals surface area (Å²) < 4.78 is 18.6. The number of carbonyl (C=O) groups excluding carboxylic acids is 4. The number of benzene rings is 1. The van der Waals surface area contributed by atoms with Gasteiger partial charge in [0.05, 0.1) is 49.8 Å². The van der Waals surface area contributed by atoms with Crippen molar-refractivity contribution in [1.29, 1.82) is 0 Å². The second-order valence-electron chi connectivity index (χ2n) is 14.9. The number of ether oxygens (including phenoxy) is 3. The van der Waals surface area contributed by atoms with Crippen molar-refractivity contribution in [2.75, 3.05) is 52.5 Å². The molecule has 9 atom stereocenters. The van der Waals surface area contributed by atoms with Crippen LogP contribution in [0.5, 0.6) is 0 Å². The maximum Gasteiger partial charge on any atom is 0.313 e. The highest BCUT2D eigenvalue weighted by Crippen LogP contribution is 2.61. The van der Waals surface area contributed by atoms with Gasteiger partial charge in [-0.3, -0.25) is 24.1 Å². The number of aliphatic hydroxyl groups is 1. The lowest BCUT2D eigenvalue weighted by atomic mass is 9.70. The van der Waals surface area contributed by atoms with Crippen molar-refractivity contribution in [3.05, 3.63) is 61.2 Å². The number of aliphatic hydroxyl groups excluding tert-OH is 1. The number of carbonyl (C=O) groups is 4. The third-order valence-corrected chi connectivity index (χ3v) is 11.7. The molecule has 4 aliphatic rings. The van der Waals surface area contributed by atoms with Crippen LogP contribution >= 0.6 is 15.9 Å². The molecule has 1 aromatic rings. The summed E-state index contributed by atoms with van der Waals surface area (Å²) in [5, 5.41) is 13.7. The number of hydrogen-bond acceptors (Lipinski definition) is 9. The van der Waals surface area contributed by atoms with Crippen molar-refractivity contribution in [2.24, 2.45) is 17.8 Å². The van der Waals surface area contributed by atoms with Crippen molar-refractivity contribution in [1.82, 2.24) is 20.0 Å². The van der Waals surface area contributed by atoms with Gasteiger partial charge in [0, 0.05) is 44.0 Å². The molecular formula is C39H55BrN4O8. The van der Waals surface area contributed by atoms with Gasteiger partial charge in [-0.2, -0.15) is 0 Å². The fourth-order valence-electron chi connectivity index (χ4n) is 8.48. The average Bonchev–Trinajstić information content (AvgIpc) is 3.73. The Bertz CT molecular complexity index is 1440. The molecule has 2 bridgehead atoms. The molecule has 0 aliphatic carbocycles. The van der Waals surface area contributed by atoms with Gasteiger partial charge in [-0.25, -0.2) is 0 Å². The zero-order valence-corrected chi connectivity index (χ0v) is 32.2. The summed E-state index contributed by atoms with van der Waals surface area (Å²) in [6.07, 6.45) is 3.29. The Hall–Kier alpha value is -3.10. The van der Waals surface area contributed by atoms with Crippen LogP contribution in [0, 0.1) is 17.8 Å². The molecule has 286 valence electrons. The predicted molar refractivity (Wildman–Crippen MR) is 199 cm³/mol. The first-order valence-corrected chi connectivity index (χ1v) is 19.5. The van der Waals surface area contributed by atoms with E-state index in [9.17, 15) is 24.3 Å². The maximum atomic E-state index is 14.9. The van der Waals surface area contributed by atoms with E-state index < -0.39 is 59.6 Å². The van der Waals surface area contributed by atoms with Crippen molar-refractivity contribution in [3.63, 3.8) is 0 Å². The van der Waals surface area contributed by atoms with E-state index in [4.69, 9.17) is 14.2 Å². The first-order valence-electron chi connectivity index (χ1n) is 18.6. The van der Waals surface area contributed by atoms with Crippen LogP contribution in [-0.4, -0.2) is 131 Å². The number of fused-ring (bicyclic) bond motifs is 1. The minimum atomic E-state index is -1.33. The molecular weight excluding hydrogens is 732 g/mol. The molecule has 1 spiro atoms. The summed E-state index contributed by atoms with van der Waals surface area (Å²) in [5.41, 5.74) is -0.640. The molecule has 13 heteroatoms. The molecule has 2 N–H and O–H groups in total. The van der Waals surface area contributed by atoms with Gasteiger partial charge < -0.3 is 34.4 Å². The van der Waals surface area contributed by atoms with Crippen molar-refractivity contribution >= 4 is 39.6 Å².